The molecule has 0 unspecified atom stereocenters. The molecule has 106 valence electrons. The molecule has 19 heavy (non-hydrogen) atoms. The number of thiocarbonyl (C=S) groups is 1. The first-order valence-electron chi connectivity index (χ1n) is 6.10. The largest absolute Gasteiger partial charge is 0.496 e. The van der Waals surface area contributed by atoms with E-state index in [2.05, 4.69) is 4.90 Å². The summed E-state index contributed by atoms with van der Waals surface area (Å²) in [6.07, 6.45) is 0. The van der Waals surface area contributed by atoms with Gasteiger partial charge >= 0.3 is 0 Å². The summed E-state index contributed by atoms with van der Waals surface area (Å²) in [5, 5.41) is 9.40. The molecule has 0 saturated carbocycles. The number of aliphatic hydroxyl groups excluding tert-OH is 1. The van der Waals surface area contributed by atoms with Crippen molar-refractivity contribution in [3.05, 3.63) is 29.3 Å². The molecule has 0 aliphatic heterocycles. The van der Waals surface area contributed by atoms with Crippen molar-refractivity contribution in [2.75, 3.05) is 20.8 Å². The van der Waals surface area contributed by atoms with Gasteiger partial charge in [0, 0.05) is 23.2 Å². The van der Waals surface area contributed by atoms with Crippen LogP contribution >= 0.6 is 12.2 Å². The van der Waals surface area contributed by atoms with Gasteiger partial charge in [0.1, 0.15) is 10.7 Å². The van der Waals surface area contributed by atoms with Crippen LogP contribution < -0.4 is 10.5 Å². The van der Waals surface area contributed by atoms with Gasteiger partial charge in [0.25, 0.3) is 0 Å². The number of benzene rings is 1. The second-order valence-corrected chi connectivity index (χ2v) is 5.66. The second-order valence-electron chi connectivity index (χ2n) is 5.22. The summed E-state index contributed by atoms with van der Waals surface area (Å²) in [5.74, 6) is 0.792. The third kappa shape index (κ3) is 3.89. The first-order chi connectivity index (χ1) is 8.81. The number of nitrogens with two attached hydrogens (primary N) is 1. The molecule has 5 heteroatoms. The highest BCUT2D eigenvalue weighted by atomic mass is 32.1. The van der Waals surface area contributed by atoms with E-state index in [1.165, 1.54) is 0 Å². The molecule has 3 N–H and O–H groups in total. The molecular formula is C14H22N2O2S. The van der Waals surface area contributed by atoms with E-state index in [0.29, 0.717) is 11.5 Å². The maximum Gasteiger partial charge on any atom is 0.123 e. The van der Waals surface area contributed by atoms with E-state index < -0.39 is 0 Å². The Labute approximate surface area is 120 Å². The molecule has 0 aliphatic rings. The van der Waals surface area contributed by atoms with Crippen LogP contribution in [0.4, 0.5) is 0 Å². The second kappa shape index (κ2) is 6.32. The number of methoxy groups -OCH3 is 1. The molecule has 0 heterocycles. The van der Waals surface area contributed by atoms with Gasteiger partial charge in [-0.3, -0.25) is 4.90 Å². The average molecular weight is 282 g/mol. The number of likely N-dealkylation sites (N-methyl/N-ethyl adjacent to an activating group) is 1. The molecule has 0 spiro atoms. The van der Waals surface area contributed by atoms with Gasteiger partial charge in [0.05, 0.1) is 13.7 Å². The van der Waals surface area contributed by atoms with Crippen LogP contribution in [0, 0.1) is 0 Å². The van der Waals surface area contributed by atoms with Crippen molar-refractivity contribution in [3.63, 3.8) is 0 Å². The Morgan fingerprint density at radius 3 is 2.58 bits per heavy atom. The topological polar surface area (TPSA) is 58.7 Å². The molecule has 0 aliphatic carbocycles. The molecule has 1 aromatic carbocycles. The Morgan fingerprint density at radius 2 is 2.11 bits per heavy atom. The van der Waals surface area contributed by atoms with Gasteiger partial charge in [-0.1, -0.05) is 12.2 Å². The lowest BCUT2D eigenvalue weighted by Crippen LogP contribution is -2.43. The maximum atomic E-state index is 9.40. The van der Waals surface area contributed by atoms with Crippen LogP contribution in [-0.2, 0) is 6.54 Å². The molecule has 0 fully saturated rings. The molecule has 0 saturated heterocycles. The quantitative estimate of drug-likeness (QED) is 0.775. The minimum atomic E-state index is -0.301. The Hall–Kier alpha value is -1.17. The lowest BCUT2D eigenvalue weighted by molar-refractivity contribution is 0.0728. The molecule has 0 atom stereocenters. The minimum absolute atomic E-state index is 0.0841. The van der Waals surface area contributed by atoms with Crippen molar-refractivity contribution in [2.24, 2.45) is 5.73 Å². The summed E-state index contributed by atoms with van der Waals surface area (Å²) < 4.78 is 5.35. The SMILES string of the molecule is COc1ccc(C(N)=S)cc1CN(C)C(C)(C)CO. The van der Waals surface area contributed by atoms with Crippen LogP contribution in [0.2, 0.25) is 0 Å². The maximum absolute atomic E-state index is 9.40. The third-order valence-corrected chi connectivity index (χ3v) is 3.63. The first kappa shape index (κ1) is 15.9. The summed E-state index contributed by atoms with van der Waals surface area (Å²) in [6.45, 7) is 4.70. The fourth-order valence-electron chi connectivity index (χ4n) is 1.65. The molecule has 4 nitrogen and oxygen atoms in total. The highest BCUT2D eigenvalue weighted by Gasteiger charge is 2.23. The van der Waals surface area contributed by atoms with E-state index >= 15 is 0 Å². The van der Waals surface area contributed by atoms with Gasteiger partial charge in [-0.05, 0) is 39.1 Å². The summed E-state index contributed by atoms with van der Waals surface area (Å²) >= 11 is 4.99. The Bertz CT molecular complexity index is 461. The number of ether oxygens (including phenoxy) is 1. The van der Waals surface area contributed by atoms with Crippen molar-refractivity contribution in [1.82, 2.24) is 4.90 Å². The summed E-state index contributed by atoms with van der Waals surface area (Å²) in [7, 11) is 3.60. The van der Waals surface area contributed by atoms with Crippen LogP contribution in [-0.4, -0.2) is 41.3 Å². The molecule has 0 amide bonds. The molecule has 0 radical (unpaired) electrons. The van der Waals surface area contributed by atoms with Crippen LogP contribution in [0.25, 0.3) is 0 Å². The third-order valence-electron chi connectivity index (χ3n) is 3.39. The number of hydrogen-bond donors (Lipinski definition) is 2. The van der Waals surface area contributed by atoms with E-state index in [-0.39, 0.29) is 12.1 Å². The molecule has 1 aromatic rings. The lowest BCUT2D eigenvalue weighted by atomic mass is 10.0. The zero-order valence-electron chi connectivity index (χ0n) is 11.9. The monoisotopic (exact) mass is 282 g/mol. The standard InChI is InChI=1S/C14H22N2O2S/c1-14(2,9-17)16(3)8-11-7-10(13(15)19)5-6-12(11)18-4/h5-7,17H,8-9H2,1-4H3,(H2,15,19). The molecular weight excluding hydrogens is 260 g/mol. The average Bonchev–Trinajstić information content (AvgIpc) is 2.38. The predicted molar refractivity (Wildman–Crippen MR) is 81.5 cm³/mol. The van der Waals surface area contributed by atoms with Gasteiger partial charge in [0.15, 0.2) is 0 Å². The van der Waals surface area contributed by atoms with E-state index in [1.807, 2.05) is 39.1 Å². The van der Waals surface area contributed by atoms with Gasteiger partial charge in [-0.25, -0.2) is 0 Å². The van der Waals surface area contributed by atoms with E-state index in [4.69, 9.17) is 22.7 Å². The van der Waals surface area contributed by atoms with Crippen LogP contribution in [0.5, 0.6) is 5.75 Å². The Morgan fingerprint density at radius 1 is 1.47 bits per heavy atom. The fourth-order valence-corrected chi connectivity index (χ4v) is 1.77. The minimum Gasteiger partial charge on any atom is -0.496 e. The molecule has 0 aromatic heterocycles. The zero-order valence-corrected chi connectivity index (χ0v) is 12.8. The highest BCUT2D eigenvalue weighted by Crippen LogP contribution is 2.24. The number of hydrogen-bond acceptors (Lipinski definition) is 4. The smallest absolute Gasteiger partial charge is 0.123 e. The van der Waals surface area contributed by atoms with Crippen LogP contribution in [0.3, 0.4) is 0 Å². The number of aliphatic hydroxyl groups is 1. The predicted octanol–water partition coefficient (Wildman–Crippen LogP) is 1.53. The van der Waals surface area contributed by atoms with Gasteiger partial charge in [0.2, 0.25) is 0 Å². The van der Waals surface area contributed by atoms with E-state index in [1.54, 1.807) is 7.11 Å². The van der Waals surface area contributed by atoms with Gasteiger partial charge in [-0.15, -0.1) is 0 Å². The lowest BCUT2D eigenvalue weighted by Gasteiger charge is -2.34. The van der Waals surface area contributed by atoms with Crippen molar-refractivity contribution in [3.8, 4) is 5.75 Å². The molecule has 1 rings (SSSR count). The van der Waals surface area contributed by atoms with E-state index in [9.17, 15) is 5.11 Å². The summed E-state index contributed by atoms with van der Waals surface area (Å²) in [5.41, 5.74) is 7.17. The van der Waals surface area contributed by atoms with Gasteiger partial charge < -0.3 is 15.6 Å². The highest BCUT2D eigenvalue weighted by molar-refractivity contribution is 7.80. The van der Waals surface area contributed by atoms with Crippen molar-refractivity contribution >= 4 is 17.2 Å². The molecule has 0 bridgehead atoms. The number of rotatable bonds is 6. The zero-order chi connectivity index (χ0) is 14.6. The van der Waals surface area contributed by atoms with Crippen molar-refractivity contribution in [1.29, 1.82) is 0 Å². The summed E-state index contributed by atoms with van der Waals surface area (Å²) in [6, 6.07) is 5.65. The van der Waals surface area contributed by atoms with Crippen molar-refractivity contribution < 1.29 is 9.84 Å². The van der Waals surface area contributed by atoms with Crippen LogP contribution in [0.1, 0.15) is 25.0 Å². The van der Waals surface area contributed by atoms with Crippen molar-refractivity contribution in [2.45, 2.75) is 25.9 Å². The van der Waals surface area contributed by atoms with E-state index in [0.717, 1.165) is 16.9 Å². The fraction of sp³-hybridized carbons (Fsp3) is 0.500. The normalized spacial score (nSPS) is 11.7. The summed E-state index contributed by atoms with van der Waals surface area (Å²) in [4.78, 5) is 2.43. The van der Waals surface area contributed by atoms with Gasteiger partial charge in [-0.2, -0.15) is 0 Å². The Kier molecular flexibility index (Phi) is 5.29. The van der Waals surface area contributed by atoms with Crippen LogP contribution in [0.15, 0.2) is 18.2 Å². The Balaban J connectivity index is 3.04. The first-order valence-corrected chi connectivity index (χ1v) is 6.51. The number of nitrogens with zero attached hydrogens (tertiary/aromatic N) is 1.